The van der Waals surface area contributed by atoms with E-state index in [2.05, 4.69) is 9.72 Å². The Balaban J connectivity index is 1.53. The second kappa shape index (κ2) is 6.38. The number of hydrogen-bond acceptors (Lipinski definition) is 4. The van der Waals surface area contributed by atoms with Gasteiger partial charge in [-0.05, 0) is 30.3 Å². The highest BCUT2D eigenvalue weighted by Gasteiger charge is 2.34. The van der Waals surface area contributed by atoms with E-state index in [9.17, 15) is 18.0 Å². The largest absolute Gasteiger partial charge is 0.573 e. The van der Waals surface area contributed by atoms with Gasteiger partial charge in [0.1, 0.15) is 11.9 Å². The van der Waals surface area contributed by atoms with Crippen molar-refractivity contribution in [1.82, 2.24) is 9.88 Å². The number of alkyl halides is 3. The Morgan fingerprint density at radius 3 is 2.42 bits per heavy atom. The normalized spacial score (nSPS) is 14.9. The molecule has 2 heterocycles. The van der Waals surface area contributed by atoms with Gasteiger partial charge in [-0.2, -0.15) is 0 Å². The molecule has 2 aromatic rings. The SMILES string of the molecule is O=C(c1ccc(OC(F)(F)F)cc1)N1CC(Oc2ccccn2)C1. The maximum Gasteiger partial charge on any atom is 0.573 e. The van der Waals surface area contributed by atoms with Crippen LogP contribution in [0.25, 0.3) is 0 Å². The van der Waals surface area contributed by atoms with Gasteiger partial charge < -0.3 is 14.4 Å². The monoisotopic (exact) mass is 338 g/mol. The Morgan fingerprint density at radius 2 is 1.83 bits per heavy atom. The first-order chi connectivity index (χ1) is 11.4. The number of likely N-dealkylation sites (tertiary alicyclic amines) is 1. The molecule has 3 rings (SSSR count). The third-order valence-corrected chi connectivity index (χ3v) is 3.40. The van der Waals surface area contributed by atoms with Gasteiger partial charge in [-0.3, -0.25) is 4.79 Å². The number of carbonyl (C=O) groups is 1. The average Bonchev–Trinajstić information content (AvgIpc) is 2.50. The maximum atomic E-state index is 12.2. The number of halogens is 3. The van der Waals surface area contributed by atoms with Crippen molar-refractivity contribution in [1.29, 1.82) is 0 Å². The Hall–Kier alpha value is -2.77. The summed E-state index contributed by atoms with van der Waals surface area (Å²) in [5.41, 5.74) is 0.292. The third-order valence-electron chi connectivity index (χ3n) is 3.40. The van der Waals surface area contributed by atoms with Crippen molar-refractivity contribution in [2.24, 2.45) is 0 Å². The fourth-order valence-electron chi connectivity index (χ4n) is 2.25. The topological polar surface area (TPSA) is 51.7 Å². The van der Waals surface area contributed by atoms with Crippen molar-refractivity contribution < 1.29 is 27.4 Å². The number of carbonyl (C=O) groups excluding carboxylic acids is 1. The van der Waals surface area contributed by atoms with Crippen LogP contribution in [0.2, 0.25) is 0 Å². The highest BCUT2D eigenvalue weighted by atomic mass is 19.4. The lowest BCUT2D eigenvalue weighted by Gasteiger charge is -2.38. The Labute approximate surface area is 135 Å². The van der Waals surface area contributed by atoms with Crippen LogP contribution < -0.4 is 9.47 Å². The highest BCUT2D eigenvalue weighted by molar-refractivity contribution is 5.94. The molecule has 0 bridgehead atoms. The number of amides is 1. The lowest BCUT2D eigenvalue weighted by Crippen LogP contribution is -2.56. The van der Waals surface area contributed by atoms with Gasteiger partial charge >= 0.3 is 6.36 Å². The molecule has 0 saturated carbocycles. The number of nitrogens with zero attached hydrogens (tertiary/aromatic N) is 2. The molecule has 1 fully saturated rings. The standard InChI is InChI=1S/C16H13F3N2O3/c17-16(18,19)24-12-6-4-11(5-7-12)15(22)21-9-13(10-21)23-14-3-1-2-8-20-14/h1-8,13H,9-10H2. The fourth-order valence-corrected chi connectivity index (χ4v) is 2.25. The van der Waals surface area contributed by atoms with Crippen LogP contribution in [-0.4, -0.2) is 41.3 Å². The molecule has 0 radical (unpaired) electrons. The van der Waals surface area contributed by atoms with Crippen LogP contribution in [0.5, 0.6) is 11.6 Å². The molecule has 0 aliphatic carbocycles. The lowest BCUT2D eigenvalue weighted by atomic mass is 10.1. The highest BCUT2D eigenvalue weighted by Crippen LogP contribution is 2.24. The first-order valence-electron chi connectivity index (χ1n) is 7.13. The van der Waals surface area contributed by atoms with Crippen LogP contribution in [0, 0.1) is 0 Å². The summed E-state index contributed by atoms with van der Waals surface area (Å²) < 4.78 is 45.7. The van der Waals surface area contributed by atoms with E-state index in [4.69, 9.17) is 4.74 Å². The van der Waals surface area contributed by atoms with Crippen LogP contribution >= 0.6 is 0 Å². The molecular weight excluding hydrogens is 325 g/mol. The van der Waals surface area contributed by atoms with Gasteiger partial charge in [-0.25, -0.2) is 4.98 Å². The molecular formula is C16H13F3N2O3. The lowest BCUT2D eigenvalue weighted by molar-refractivity contribution is -0.274. The zero-order chi connectivity index (χ0) is 17.2. The smallest absolute Gasteiger partial charge is 0.471 e. The van der Waals surface area contributed by atoms with Gasteiger partial charge in [-0.15, -0.1) is 13.2 Å². The second-order valence-electron chi connectivity index (χ2n) is 5.19. The van der Waals surface area contributed by atoms with Crippen molar-refractivity contribution >= 4 is 5.91 Å². The molecule has 1 aliphatic heterocycles. The summed E-state index contributed by atoms with van der Waals surface area (Å²) in [6.45, 7) is 0.798. The minimum Gasteiger partial charge on any atom is -0.471 e. The van der Waals surface area contributed by atoms with Crippen LogP contribution in [0.3, 0.4) is 0 Å². The summed E-state index contributed by atoms with van der Waals surface area (Å²) in [6.07, 6.45) is -3.28. The molecule has 0 unspecified atom stereocenters. The van der Waals surface area contributed by atoms with Gasteiger partial charge in [0, 0.05) is 17.8 Å². The van der Waals surface area contributed by atoms with Crippen LogP contribution in [-0.2, 0) is 0 Å². The van der Waals surface area contributed by atoms with Gasteiger partial charge in [0.25, 0.3) is 5.91 Å². The van der Waals surface area contributed by atoms with Gasteiger partial charge in [0.05, 0.1) is 13.1 Å². The molecule has 0 spiro atoms. The first-order valence-corrected chi connectivity index (χ1v) is 7.13. The van der Waals surface area contributed by atoms with E-state index < -0.39 is 6.36 Å². The van der Waals surface area contributed by atoms with Crippen molar-refractivity contribution in [2.45, 2.75) is 12.5 Å². The molecule has 1 saturated heterocycles. The van der Waals surface area contributed by atoms with Crippen LogP contribution in [0.4, 0.5) is 13.2 Å². The molecule has 5 nitrogen and oxygen atoms in total. The van der Waals surface area contributed by atoms with Crippen molar-refractivity contribution in [3.63, 3.8) is 0 Å². The van der Waals surface area contributed by atoms with Crippen LogP contribution in [0.15, 0.2) is 48.7 Å². The molecule has 0 N–H and O–H groups in total. The van der Waals surface area contributed by atoms with Crippen molar-refractivity contribution in [3.8, 4) is 11.6 Å². The second-order valence-corrected chi connectivity index (χ2v) is 5.19. The van der Waals surface area contributed by atoms with Gasteiger partial charge in [0.15, 0.2) is 0 Å². The summed E-state index contributed by atoms with van der Waals surface area (Å²) in [5, 5.41) is 0. The van der Waals surface area contributed by atoms with E-state index in [0.29, 0.717) is 24.5 Å². The maximum absolute atomic E-state index is 12.2. The minimum atomic E-state index is -4.75. The predicted octanol–water partition coefficient (Wildman–Crippen LogP) is 2.88. The van der Waals surface area contributed by atoms with Crippen LogP contribution in [0.1, 0.15) is 10.4 Å². The van der Waals surface area contributed by atoms with Crippen molar-refractivity contribution in [2.75, 3.05) is 13.1 Å². The Kier molecular flexibility index (Phi) is 4.28. The molecule has 8 heteroatoms. The average molecular weight is 338 g/mol. The van der Waals surface area contributed by atoms with Gasteiger partial charge in [0.2, 0.25) is 5.88 Å². The number of pyridine rings is 1. The van der Waals surface area contributed by atoms with E-state index in [1.54, 1.807) is 29.3 Å². The van der Waals surface area contributed by atoms with E-state index in [1.165, 1.54) is 12.1 Å². The zero-order valence-corrected chi connectivity index (χ0v) is 12.4. The molecule has 1 aromatic carbocycles. The van der Waals surface area contributed by atoms with E-state index in [1.807, 2.05) is 0 Å². The summed E-state index contributed by atoms with van der Waals surface area (Å²) in [7, 11) is 0. The predicted molar refractivity (Wildman–Crippen MR) is 77.7 cm³/mol. The quantitative estimate of drug-likeness (QED) is 0.860. The number of benzene rings is 1. The van der Waals surface area contributed by atoms with Crippen molar-refractivity contribution in [3.05, 3.63) is 54.2 Å². The molecule has 126 valence electrons. The number of aromatic nitrogens is 1. The molecule has 1 amide bonds. The fraction of sp³-hybridized carbons (Fsp3) is 0.250. The summed E-state index contributed by atoms with van der Waals surface area (Å²) in [4.78, 5) is 17.8. The molecule has 1 aliphatic rings. The van der Waals surface area contributed by atoms with E-state index >= 15 is 0 Å². The molecule has 1 aromatic heterocycles. The molecule has 24 heavy (non-hydrogen) atoms. The Morgan fingerprint density at radius 1 is 1.12 bits per heavy atom. The Bertz CT molecular complexity index is 699. The summed E-state index contributed by atoms with van der Waals surface area (Å²) in [5.74, 6) is -0.142. The number of rotatable bonds is 4. The first kappa shape index (κ1) is 16.1. The summed E-state index contributed by atoms with van der Waals surface area (Å²) >= 11 is 0. The molecule has 0 atom stereocenters. The third kappa shape index (κ3) is 3.95. The zero-order valence-electron chi connectivity index (χ0n) is 12.4. The summed E-state index contributed by atoms with van der Waals surface area (Å²) in [6, 6.07) is 10.1. The number of ether oxygens (including phenoxy) is 2. The van der Waals surface area contributed by atoms with E-state index in [-0.39, 0.29) is 17.8 Å². The van der Waals surface area contributed by atoms with E-state index in [0.717, 1.165) is 12.1 Å². The minimum absolute atomic E-state index is 0.142. The number of hydrogen-bond donors (Lipinski definition) is 0. The van der Waals surface area contributed by atoms with Gasteiger partial charge in [-0.1, -0.05) is 6.07 Å².